The molecule has 1 atom stereocenters. The lowest BCUT2D eigenvalue weighted by atomic mass is 9.94. The van der Waals surface area contributed by atoms with Gasteiger partial charge in [0.15, 0.2) is 17.1 Å². The summed E-state index contributed by atoms with van der Waals surface area (Å²) in [6.07, 6.45) is 7.24. The highest BCUT2D eigenvalue weighted by Gasteiger charge is 2.11. The predicted molar refractivity (Wildman–Crippen MR) is 72.2 cm³/mol. The van der Waals surface area contributed by atoms with Crippen molar-refractivity contribution >= 4 is 11.2 Å². The molecule has 2 aromatic rings. The normalized spacial score (nSPS) is 13.0. The minimum absolute atomic E-state index is 0.683. The number of pyridine rings is 1. The van der Waals surface area contributed by atoms with Crippen LogP contribution in [0.4, 0.5) is 0 Å². The van der Waals surface area contributed by atoms with Crippen LogP contribution in [0.25, 0.3) is 11.2 Å². The van der Waals surface area contributed by atoms with Gasteiger partial charge in [0.05, 0.1) is 0 Å². The Labute approximate surface area is 108 Å². The Morgan fingerprint density at radius 2 is 2.22 bits per heavy atom. The molecule has 0 fully saturated rings. The Kier molecular flexibility index (Phi) is 4.70. The molecular formula is C14H21N3O. The van der Waals surface area contributed by atoms with Crippen LogP contribution in [-0.4, -0.2) is 16.5 Å². The minimum atomic E-state index is 0.683. The maximum absolute atomic E-state index is 5.67. The Morgan fingerprint density at radius 3 is 2.94 bits per heavy atom. The molecule has 0 aromatic carbocycles. The summed E-state index contributed by atoms with van der Waals surface area (Å²) in [5.74, 6) is 1.48. The molecule has 0 aliphatic carbocycles. The highest BCUT2D eigenvalue weighted by molar-refractivity contribution is 5.66. The maximum Gasteiger partial charge on any atom is 0.198 e. The first-order chi connectivity index (χ1) is 8.83. The Hall–Kier alpha value is -1.42. The quantitative estimate of drug-likeness (QED) is 0.817. The molecule has 0 amide bonds. The van der Waals surface area contributed by atoms with Crippen molar-refractivity contribution in [3.05, 3.63) is 24.2 Å². The number of nitrogens with two attached hydrogens (primary N) is 1. The van der Waals surface area contributed by atoms with Crippen LogP contribution in [-0.2, 0) is 6.42 Å². The molecule has 2 N–H and O–H groups in total. The predicted octanol–water partition coefficient (Wildman–Crippen LogP) is 2.92. The molecule has 18 heavy (non-hydrogen) atoms. The molecule has 1 unspecified atom stereocenters. The van der Waals surface area contributed by atoms with E-state index in [2.05, 4.69) is 16.9 Å². The minimum Gasteiger partial charge on any atom is -0.439 e. The van der Waals surface area contributed by atoms with Crippen molar-refractivity contribution in [2.75, 3.05) is 6.54 Å². The van der Waals surface area contributed by atoms with Crippen molar-refractivity contribution in [2.24, 2.45) is 11.7 Å². The number of aryl methyl sites for hydroxylation is 1. The van der Waals surface area contributed by atoms with Crippen molar-refractivity contribution in [2.45, 2.75) is 39.0 Å². The van der Waals surface area contributed by atoms with Gasteiger partial charge in [0.1, 0.15) is 0 Å². The second kappa shape index (κ2) is 6.50. The standard InChI is InChI=1S/C14H21N3O/c1-2-4-11(8-9-15)6-7-13-17-14-12(18-13)5-3-10-16-14/h3,5,10-11H,2,4,6-9,15H2,1H3. The van der Waals surface area contributed by atoms with Crippen LogP contribution < -0.4 is 5.73 Å². The van der Waals surface area contributed by atoms with E-state index < -0.39 is 0 Å². The number of hydrogen-bond donors (Lipinski definition) is 1. The van der Waals surface area contributed by atoms with Gasteiger partial charge in [-0.05, 0) is 37.4 Å². The van der Waals surface area contributed by atoms with Crippen LogP contribution in [0.3, 0.4) is 0 Å². The van der Waals surface area contributed by atoms with E-state index in [1.807, 2.05) is 12.1 Å². The third kappa shape index (κ3) is 3.29. The largest absolute Gasteiger partial charge is 0.439 e. The number of hydrogen-bond acceptors (Lipinski definition) is 4. The molecule has 0 aliphatic rings. The Bertz CT molecular complexity index is 442. The zero-order valence-electron chi connectivity index (χ0n) is 10.9. The third-order valence-electron chi connectivity index (χ3n) is 3.25. The van der Waals surface area contributed by atoms with Gasteiger partial charge in [0.2, 0.25) is 0 Å². The first-order valence-electron chi connectivity index (χ1n) is 6.74. The summed E-state index contributed by atoms with van der Waals surface area (Å²) in [6, 6.07) is 3.77. The zero-order valence-corrected chi connectivity index (χ0v) is 10.9. The summed E-state index contributed by atoms with van der Waals surface area (Å²) in [7, 11) is 0. The molecule has 98 valence electrons. The van der Waals surface area contributed by atoms with Gasteiger partial charge in [-0.15, -0.1) is 0 Å². The molecule has 2 aromatic heterocycles. The van der Waals surface area contributed by atoms with Gasteiger partial charge in [0, 0.05) is 12.6 Å². The molecule has 0 saturated heterocycles. The summed E-state index contributed by atoms with van der Waals surface area (Å²) < 4.78 is 5.67. The second-order valence-corrected chi connectivity index (χ2v) is 4.70. The maximum atomic E-state index is 5.67. The van der Waals surface area contributed by atoms with Gasteiger partial charge in [-0.2, -0.15) is 4.98 Å². The molecule has 0 aliphatic heterocycles. The van der Waals surface area contributed by atoms with Crippen molar-refractivity contribution in [1.29, 1.82) is 0 Å². The number of aromatic nitrogens is 2. The van der Waals surface area contributed by atoms with Crippen LogP contribution >= 0.6 is 0 Å². The van der Waals surface area contributed by atoms with Crippen LogP contribution in [0, 0.1) is 5.92 Å². The van der Waals surface area contributed by atoms with E-state index in [0.29, 0.717) is 11.6 Å². The summed E-state index contributed by atoms with van der Waals surface area (Å²) in [4.78, 5) is 8.57. The van der Waals surface area contributed by atoms with Crippen molar-refractivity contribution in [3.63, 3.8) is 0 Å². The summed E-state index contributed by atoms with van der Waals surface area (Å²) in [5.41, 5.74) is 7.12. The molecule has 2 rings (SSSR count). The highest BCUT2D eigenvalue weighted by atomic mass is 16.3. The fourth-order valence-electron chi connectivity index (χ4n) is 2.33. The van der Waals surface area contributed by atoms with E-state index in [4.69, 9.17) is 10.2 Å². The second-order valence-electron chi connectivity index (χ2n) is 4.70. The van der Waals surface area contributed by atoms with E-state index in [9.17, 15) is 0 Å². The average molecular weight is 247 g/mol. The van der Waals surface area contributed by atoms with Gasteiger partial charge in [-0.3, -0.25) is 0 Å². The number of fused-ring (bicyclic) bond motifs is 1. The van der Waals surface area contributed by atoms with Crippen LogP contribution in [0.1, 0.15) is 38.5 Å². The molecule has 0 radical (unpaired) electrons. The highest BCUT2D eigenvalue weighted by Crippen LogP contribution is 2.19. The first-order valence-corrected chi connectivity index (χ1v) is 6.74. The molecule has 0 bridgehead atoms. The number of rotatable bonds is 7. The van der Waals surface area contributed by atoms with Gasteiger partial charge in [0.25, 0.3) is 0 Å². The first kappa shape index (κ1) is 13.0. The lowest BCUT2D eigenvalue weighted by Crippen LogP contribution is -2.09. The SMILES string of the molecule is CCCC(CCN)CCc1nc2ncccc2o1. The lowest BCUT2D eigenvalue weighted by molar-refractivity contribution is 0.398. The monoisotopic (exact) mass is 247 g/mol. The van der Waals surface area contributed by atoms with Gasteiger partial charge in [-0.1, -0.05) is 19.8 Å². The van der Waals surface area contributed by atoms with Crippen molar-refractivity contribution in [3.8, 4) is 0 Å². The molecule has 4 nitrogen and oxygen atoms in total. The summed E-state index contributed by atoms with van der Waals surface area (Å²) in [6.45, 7) is 2.98. The molecule has 2 heterocycles. The van der Waals surface area contributed by atoms with Gasteiger partial charge in [-0.25, -0.2) is 4.98 Å². The molecule has 4 heteroatoms. The Balaban J connectivity index is 1.95. The fraction of sp³-hybridized carbons (Fsp3) is 0.571. The summed E-state index contributed by atoms with van der Waals surface area (Å²) in [5, 5.41) is 0. The number of oxazole rings is 1. The van der Waals surface area contributed by atoms with E-state index in [1.54, 1.807) is 6.20 Å². The van der Waals surface area contributed by atoms with Crippen molar-refractivity contribution < 1.29 is 4.42 Å². The smallest absolute Gasteiger partial charge is 0.198 e. The molecule has 0 spiro atoms. The van der Waals surface area contributed by atoms with E-state index >= 15 is 0 Å². The average Bonchev–Trinajstić information content (AvgIpc) is 2.79. The van der Waals surface area contributed by atoms with Gasteiger partial charge >= 0.3 is 0 Å². The van der Waals surface area contributed by atoms with E-state index in [1.165, 1.54) is 12.8 Å². The fourth-order valence-corrected chi connectivity index (χ4v) is 2.33. The molecule has 0 saturated carbocycles. The Morgan fingerprint density at radius 1 is 1.33 bits per heavy atom. The van der Waals surface area contributed by atoms with Crippen molar-refractivity contribution in [1.82, 2.24) is 9.97 Å². The number of nitrogens with zero attached hydrogens (tertiary/aromatic N) is 2. The van der Waals surface area contributed by atoms with E-state index in [0.717, 1.165) is 37.3 Å². The van der Waals surface area contributed by atoms with Crippen LogP contribution in [0.15, 0.2) is 22.7 Å². The molecular weight excluding hydrogens is 226 g/mol. The zero-order chi connectivity index (χ0) is 12.8. The van der Waals surface area contributed by atoms with Crippen LogP contribution in [0.2, 0.25) is 0 Å². The van der Waals surface area contributed by atoms with Crippen LogP contribution in [0.5, 0.6) is 0 Å². The lowest BCUT2D eigenvalue weighted by Gasteiger charge is -2.13. The van der Waals surface area contributed by atoms with E-state index in [-0.39, 0.29) is 0 Å². The topological polar surface area (TPSA) is 64.9 Å². The third-order valence-corrected chi connectivity index (χ3v) is 3.25. The van der Waals surface area contributed by atoms with Gasteiger partial charge < -0.3 is 10.2 Å². The summed E-state index contributed by atoms with van der Waals surface area (Å²) >= 11 is 0.